The van der Waals surface area contributed by atoms with Crippen molar-refractivity contribution in [1.82, 2.24) is 10.6 Å². The Labute approximate surface area is 146 Å². The molecule has 1 rings (SSSR count). The maximum absolute atomic E-state index is 11.9. The highest BCUT2D eigenvalue weighted by Gasteiger charge is 2.22. The molecular weight excluding hydrogens is 332 g/mol. The van der Waals surface area contributed by atoms with Crippen LogP contribution in [0.3, 0.4) is 0 Å². The number of aliphatic carboxylic acids is 1. The highest BCUT2D eigenvalue weighted by Crippen LogP contribution is 2.17. The molecule has 24 heavy (non-hydrogen) atoms. The maximum atomic E-state index is 11.9. The number of amides is 2. The van der Waals surface area contributed by atoms with Gasteiger partial charge in [0.05, 0.1) is 0 Å². The van der Waals surface area contributed by atoms with E-state index in [2.05, 4.69) is 10.6 Å². The molecule has 6 nitrogen and oxygen atoms in total. The standard InChI is InChI=1S/C17H23ClN2O4/c1-17(2,3)16(24)19-10-4-5-13(21)20-14(15(22)23)11-6-8-12(18)9-7-11/h6-9,14H,4-5,10H2,1-3H3,(H,19,24)(H,20,21)(H,22,23). The third kappa shape index (κ3) is 6.58. The number of carbonyl (C=O) groups is 3. The normalized spacial score (nSPS) is 12.3. The Hall–Kier alpha value is -2.08. The highest BCUT2D eigenvalue weighted by molar-refractivity contribution is 6.30. The van der Waals surface area contributed by atoms with Gasteiger partial charge in [-0.25, -0.2) is 4.79 Å². The Balaban J connectivity index is 2.48. The molecule has 3 N–H and O–H groups in total. The zero-order chi connectivity index (χ0) is 18.3. The minimum atomic E-state index is -1.15. The van der Waals surface area contributed by atoms with E-state index in [4.69, 9.17) is 11.6 Å². The molecule has 0 spiro atoms. The number of nitrogens with one attached hydrogen (secondary N) is 2. The van der Waals surface area contributed by atoms with Gasteiger partial charge in [0.2, 0.25) is 11.8 Å². The Bertz CT molecular complexity index is 594. The largest absolute Gasteiger partial charge is 0.479 e. The van der Waals surface area contributed by atoms with Crippen molar-refractivity contribution >= 4 is 29.4 Å². The molecule has 1 unspecified atom stereocenters. The summed E-state index contributed by atoms with van der Waals surface area (Å²) in [5.41, 5.74) is -0.0353. The van der Waals surface area contributed by atoms with Gasteiger partial charge in [0.25, 0.3) is 0 Å². The second kappa shape index (κ2) is 8.68. The van der Waals surface area contributed by atoms with E-state index in [9.17, 15) is 19.5 Å². The molecule has 7 heteroatoms. The molecule has 0 radical (unpaired) electrons. The van der Waals surface area contributed by atoms with Gasteiger partial charge in [-0.3, -0.25) is 9.59 Å². The Kier molecular flexibility index (Phi) is 7.22. The van der Waals surface area contributed by atoms with Gasteiger partial charge in [0.15, 0.2) is 6.04 Å². The minimum absolute atomic E-state index is 0.0903. The summed E-state index contributed by atoms with van der Waals surface area (Å²) in [6.45, 7) is 5.78. The Morgan fingerprint density at radius 1 is 1.17 bits per heavy atom. The van der Waals surface area contributed by atoms with Crippen molar-refractivity contribution in [3.8, 4) is 0 Å². The van der Waals surface area contributed by atoms with Crippen molar-refractivity contribution < 1.29 is 19.5 Å². The molecule has 132 valence electrons. The van der Waals surface area contributed by atoms with E-state index in [0.717, 1.165) is 0 Å². The molecule has 1 aromatic carbocycles. The molecule has 0 aliphatic carbocycles. The molecule has 0 saturated heterocycles. The lowest BCUT2D eigenvalue weighted by Gasteiger charge is -2.18. The number of benzene rings is 1. The van der Waals surface area contributed by atoms with Gasteiger partial charge >= 0.3 is 5.97 Å². The van der Waals surface area contributed by atoms with Crippen LogP contribution in [0.4, 0.5) is 0 Å². The Morgan fingerprint density at radius 3 is 2.25 bits per heavy atom. The van der Waals surface area contributed by atoms with Crippen LogP contribution in [0.25, 0.3) is 0 Å². The van der Waals surface area contributed by atoms with E-state index in [-0.39, 0.29) is 18.2 Å². The topological polar surface area (TPSA) is 95.5 Å². The average molecular weight is 355 g/mol. The summed E-state index contributed by atoms with van der Waals surface area (Å²) < 4.78 is 0. The van der Waals surface area contributed by atoms with E-state index in [0.29, 0.717) is 23.6 Å². The zero-order valence-corrected chi connectivity index (χ0v) is 14.8. The number of carbonyl (C=O) groups excluding carboxylic acids is 2. The van der Waals surface area contributed by atoms with Crippen molar-refractivity contribution in [1.29, 1.82) is 0 Å². The monoisotopic (exact) mass is 354 g/mol. The predicted octanol–water partition coefficient (Wildman–Crippen LogP) is 2.52. The lowest BCUT2D eigenvalue weighted by Crippen LogP contribution is -2.36. The van der Waals surface area contributed by atoms with E-state index < -0.39 is 17.4 Å². The zero-order valence-electron chi connectivity index (χ0n) is 14.1. The van der Waals surface area contributed by atoms with Gasteiger partial charge in [-0.2, -0.15) is 0 Å². The molecule has 0 saturated carbocycles. The SMILES string of the molecule is CC(C)(C)C(=O)NCCCC(=O)NC(C(=O)O)c1ccc(Cl)cc1. The first-order valence-corrected chi connectivity index (χ1v) is 8.05. The van der Waals surface area contributed by atoms with Crippen LogP contribution < -0.4 is 10.6 Å². The molecule has 0 bridgehead atoms. The van der Waals surface area contributed by atoms with Crippen molar-refractivity contribution in [3.05, 3.63) is 34.9 Å². The van der Waals surface area contributed by atoms with Crippen LogP contribution in [0, 0.1) is 5.41 Å². The Morgan fingerprint density at radius 2 is 1.75 bits per heavy atom. The number of hydrogen-bond acceptors (Lipinski definition) is 3. The van der Waals surface area contributed by atoms with E-state index in [1.54, 1.807) is 45.0 Å². The van der Waals surface area contributed by atoms with Crippen LogP contribution in [0.2, 0.25) is 5.02 Å². The molecule has 0 aromatic heterocycles. The first-order chi connectivity index (χ1) is 11.1. The van der Waals surface area contributed by atoms with Crippen LogP contribution in [0.5, 0.6) is 0 Å². The van der Waals surface area contributed by atoms with E-state index >= 15 is 0 Å². The molecular formula is C17H23ClN2O4. The lowest BCUT2D eigenvalue weighted by atomic mass is 9.96. The molecule has 2 amide bonds. The smallest absolute Gasteiger partial charge is 0.330 e. The molecule has 1 aromatic rings. The summed E-state index contributed by atoms with van der Waals surface area (Å²) in [7, 11) is 0. The van der Waals surface area contributed by atoms with Gasteiger partial charge < -0.3 is 15.7 Å². The van der Waals surface area contributed by atoms with Crippen LogP contribution in [-0.4, -0.2) is 29.4 Å². The minimum Gasteiger partial charge on any atom is -0.479 e. The van der Waals surface area contributed by atoms with Gasteiger partial charge in [-0.1, -0.05) is 44.5 Å². The van der Waals surface area contributed by atoms with Crippen molar-refractivity contribution in [3.63, 3.8) is 0 Å². The van der Waals surface area contributed by atoms with Gasteiger partial charge in [0.1, 0.15) is 0 Å². The summed E-state index contributed by atoms with van der Waals surface area (Å²) in [6, 6.07) is 5.14. The fraction of sp³-hybridized carbons (Fsp3) is 0.471. The summed E-state index contributed by atoms with van der Waals surface area (Å²) in [6.07, 6.45) is 0.558. The number of carboxylic acids is 1. The molecule has 0 aliphatic heterocycles. The third-order valence-electron chi connectivity index (χ3n) is 3.30. The maximum Gasteiger partial charge on any atom is 0.330 e. The predicted molar refractivity (Wildman–Crippen MR) is 91.7 cm³/mol. The van der Waals surface area contributed by atoms with Crippen LogP contribution in [-0.2, 0) is 14.4 Å². The molecule has 1 atom stereocenters. The van der Waals surface area contributed by atoms with Crippen molar-refractivity contribution in [2.75, 3.05) is 6.54 Å². The van der Waals surface area contributed by atoms with Gasteiger partial charge in [0, 0.05) is 23.4 Å². The summed E-state index contributed by atoms with van der Waals surface area (Å²) >= 11 is 5.77. The second-order valence-corrected chi connectivity index (χ2v) is 6.94. The fourth-order valence-corrected chi connectivity index (χ4v) is 2.02. The summed E-state index contributed by atoms with van der Waals surface area (Å²) in [4.78, 5) is 35.0. The molecule has 0 aliphatic rings. The molecule has 0 heterocycles. The third-order valence-corrected chi connectivity index (χ3v) is 3.55. The quantitative estimate of drug-likeness (QED) is 0.655. The first-order valence-electron chi connectivity index (χ1n) is 7.67. The number of carboxylic acid groups (broad SMARTS) is 1. The number of halogens is 1. The van der Waals surface area contributed by atoms with E-state index in [1.165, 1.54) is 0 Å². The van der Waals surface area contributed by atoms with E-state index in [1.807, 2.05) is 0 Å². The van der Waals surface area contributed by atoms with Crippen LogP contribution in [0.15, 0.2) is 24.3 Å². The van der Waals surface area contributed by atoms with Gasteiger partial charge in [-0.05, 0) is 24.1 Å². The number of rotatable bonds is 7. The first kappa shape index (κ1) is 20.0. The average Bonchev–Trinajstić information content (AvgIpc) is 2.48. The van der Waals surface area contributed by atoms with Crippen LogP contribution in [0.1, 0.15) is 45.2 Å². The summed E-state index contributed by atoms with van der Waals surface area (Å²) in [5.74, 6) is -1.62. The second-order valence-electron chi connectivity index (χ2n) is 6.50. The van der Waals surface area contributed by atoms with Gasteiger partial charge in [-0.15, -0.1) is 0 Å². The summed E-state index contributed by atoms with van der Waals surface area (Å²) in [5, 5.41) is 15.0. The van der Waals surface area contributed by atoms with Crippen molar-refractivity contribution in [2.24, 2.45) is 5.41 Å². The number of hydrogen-bond donors (Lipinski definition) is 3. The van der Waals surface area contributed by atoms with Crippen LogP contribution >= 0.6 is 11.6 Å². The molecule has 0 fully saturated rings. The fourth-order valence-electron chi connectivity index (χ4n) is 1.89. The lowest BCUT2D eigenvalue weighted by molar-refractivity contribution is -0.142. The highest BCUT2D eigenvalue weighted by atomic mass is 35.5. The van der Waals surface area contributed by atoms with Crippen molar-refractivity contribution in [2.45, 2.75) is 39.7 Å².